The minimum absolute atomic E-state index is 0.178. The molecule has 1 atom stereocenters. The zero-order valence-electron chi connectivity index (χ0n) is 29.9. The molecule has 0 amide bonds. The molecule has 2 nitrogen and oxygen atoms in total. The van der Waals surface area contributed by atoms with Gasteiger partial charge in [-0.2, -0.15) is 0 Å². The average molecular weight is 700 g/mol. The monoisotopic (exact) mass is 699 g/mol. The molecule has 12 rings (SSSR count). The van der Waals surface area contributed by atoms with E-state index in [9.17, 15) is 0 Å². The van der Waals surface area contributed by atoms with Gasteiger partial charge in [-0.3, -0.25) is 0 Å². The fourth-order valence-corrected chi connectivity index (χ4v) is 9.42. The number of fused-ring (bicyclic) bond motifs is 11. The highest BCUT2D eigenvalue weighted by Crippen LogP contribution is 2.50. The predicted octanol–water partition coefficient (Wildman–Crippen LogP) is 14.3. The lowest BCUT2D eigenvalue weighted by molar-refractivity contribution is 0.669. The van der Waals surface area contributed by atoms with Crippen LogP contribution in [-0.2, 0) is 0 Å². The molecular formula is C53H33NO. The van der Waals surface area contributed by atoms with Gasteiger partial charge in [-0.05, 0) is 97.9 Å². The smallest absolute Gasteiger partial charge is 0.137 e. The Hall–Kier alpha value is -7.16. The second-order valence-electron chi connectivity index (χ2n) is 14.8. The maximum Gasteiger partial charge on any atom is 0.137 e. The van der Waals surface area contributed by atoms with Gasteiger partial charge >= 0.3 is 0 Å². The first-order valence-corrected chi connectivity index (χ1v) is 19.0. The molecule has 1 aliphatic rings. The van der Waals surface area contributed by atoms with Crippen molar-refractivity contribution in [1.29, 1.82) is 0 Å². The number of aromatic nitrogens is 1. The molecule has 2 aromatic heterocycles. The molecule has 0 radical (unpaired) electrons. The van der Waals surface area contributed by atoms with Crippen molar-refractivity contribution in [2.45, 2.75) is 5.92 Å². The Labute approximate surface area is 318 Å². The lowest BCUT2D eigenvalue weighted by Crippen LogP contribution is -1.99. The molecule has 0 bridgehead atoms. The maximum atomic E-state index is 6.46. The summed E-state index contributed by atoms with van der Waals surface area (Å²) in [7, 11) is 0. The molecule has 0 N–H and O–H groups in total. The van der Waals surface area contributed by atoms with Gasteiger partial charge in [-0.1, -0.05) is 152 Å². The van der Waals surface area contributed by atoms with Crippen LogP contribution in [0.1, 0.15) is 22.6 Å². The van der Waals surface area contributed by atoms with Crippen LogP contribution in [0.5, 0.6) is 0 Å². The number of nitrogens with zero attached hydrogens (tertiary/aromatic N) is 1. The van der Waals surface area contributed by atoms with Gasteiger partial charge in [-0.25, -0.2) is 0 Å². The van der Waals surface area contributed by atoms with E-state index in [4.69, 9.17) is 4.42 Å². The van der Waals surface area contributed by atoms with E-state index in [1.807, 2.05) is 6.07 Å². The molecule has 2 heterocycles. The topological polar surface area (TPSA) is 18.1 Å². The van der Waals surface area contributed by atoms with Crippen LogP contribution < -0.4 is 0 Å². The second kappa shape index (κ2) is 11.7. The summed E-state index contributed by atoms with van der Waals surface area (Å²) in [6, 6.07) is 71.0. The molecule has 1 aliphatic carbocycles. The van der Waals surface area contributed by atoms with E-state index in [0.29, 0.717) is 0 Å². The van der Waals surface area contributed by atoms with Crippen molar-refractivity contribution in [2.75, 3.05) is 0 Å². The average Bonchev–Trinajstić information content (AvgIpc) is 3.91. The summed E-state index contributed by atoms with van der Waals surface area (Å²) in [5.74, 6) is 0.178. The van der Waals surface area contributed by atoms with Crippen molar-refractivity contribution in [3.05, 3.63) is 211 Å². The van der Waals surface area contributed by atoms with Crippen molar-refractivity contribution < 1.29 is 4.42 Å². The fraction of sp³-hybridized carbons (Fsp3) is 0.0189. The van der Waals surface area contributed by atoms with Gasteiger partial charge in [0.2, 0.25) is 0 Å². The minimum atomic E-state index is 0.178. The third-order valence-electron chi connectivity index (χ3n) is 11.9. The Morgan fingerprint density at radius 3 is 2.05 bits per heavy atom. The number of hydrogen-bond donors (Lipinski definition) is 0. The van der Waals surface area contributed by atoms with E-state index >= 15 is 0 Å². The molecule has 256 valence electrons. The number of para-hydroxylation sites is 1. The summed E-state index contributed by atoms with van der Waals surface area (Å²) in [5, 5.41) is 7.17. The van der Waals surface area contributed by atoms with Crippen molar-refractivity contribution >= 4 is 54.5 Å². The zero-order chi connectivity index (χ0) is 36.0. The standard InChI is InChI=1S/C53H33NO/c1-2-12-33(13-3-1)35-16-10-17-38(30-35)51-41-20-7-6-19-40(41)45-31-36(24-26-42(45)51)37-25-28-48-46(32-37)43-27-29-50-52(44-21-8-9-23-49(44)55-50)53(43)54(48)47-22-11-15-34-14-4-5-18-39(34)47/h1-32,51H. The van der Waals surface area contributed by atoms with Crippen LogP contribution in [0.25, 0.3) is 93.6 Å². The number of rotatable bonds is 4. The third-order valence-corrected chi connectivity index (χ3v) is 11.9. The summed E-state index contributed by atoms with van der Waals surface area (Å²) in [4.78, 5) is 0. The molecule has 11 aromatic rings. The first-order chi connectivity index (χ1) is 27.3. The van der Waals surface area contributed by atoms with Crippen LogP contribution in [-0.4, -0.2) is 4.57 Å². The molecule has 1 unspecified atom stereocenters. The van der Waals surface area contributed by atoms with Gasteiger partial charge in [0.1, 0.15) is 11.2 Å². The molecule has 0 saturated carbocycles. The normalized spacial score (nSPS) is 13.6. The summed E-state index contributed by atoms with van der Waals surface area (Å²) >= 11 is 0. The van der Waals surface area contributed by atoms with Gasteiger partial charge in [-0.15, -0.1) is 0 Å². The molecule has 55 heavy (non-hydrogen) atoms. The lowest BCUT2D eigenvalue weighted by atomic mass is 9.87. The zero-order valence-corrected chi connectivity index (χ0v) is 29.9. The Morgan fingerprint density at radius 2 is 1.11 bits per heavy atom. The summed E-state index contributed by atoms with van der Waals surface area (Å²) < 4.78 is 8.92. The third kappa shape index (κ3) is 4.49. The van der Waals surface area contributed by atoms with Crippen LogP contribution in [0, 0.1) is 0 Å². The summed E-state index contributed by atoms with van der Waals surface area (Å²) in [6.45, 7) is 0. The summed E-state index contributed by atoms with van der Waals surface area (Å²) in [5.41, 5.74) is 16.9. The molecule has 0 saturated heterocycles. The van der Waals surface area contributed by atoms with Gasteiger partial charge in [0.25, 0.3) is 0 Å². The molecule has 0 spiro atoms. The largest absolute Gasteiger partial charge is 0.456 e. The van der Waals surface area contributed by atoms with Crippen molar-refractivity contribution in [3.8, 4) is 39.1 Å². The van der Waals surface area contributed by atoms with Gasteiger partial charge in [0, 0.05) is 27.5 Å². The summed E-state index contributed by atoms with van der Waals surface area (Å²) in [6.07, 6.45) is 0. The van der Waals surface area contributed by atoms with Crippen LogP contribution in [0.3, 0.4) is 0 Å². The van der Waals surface area contributed by atoms with E-state index in [1.54, 1.807) is 0 Å². The first kappa shape index (κ1) is 30.3. The number of hydrogen-bond acceptors (Lipinski definition) is 1. The molecule has 0 aliphatic heterocycles. The maximum absolute atomic E-state index is 6.46. The van der Waals surface area contributed by atoms with E-state index in [0.717, 1.165) is 21.9 Å². The van der Waals surface area contributed by atoms with Crippen molar-refractivity contribution in [3.63, 3.8) is 0 Å². The van der Waals surface area contributed by atoms with Crippen molar-refractivity contribution in [1.82, 2.24) is 4.57 Å². The Balaban J connectivity index is 1.06. The molecular weight excluding hydrogens is 667 g/mol. The first-order valence-electron chi connectivity index (χ1n) is 19.0. The number of benzene rings is 9. The van der Waals surface area contributed by atoms with Crippen LogP contribution in [0.15, 0.2) is 199 Å². The SMILES string of the molecule is c1ccc(-c2cccc(C3c4ccccc4-c4cc(-c5ccc6c(c5)c5ccc7oc8ccccc8c7c5n6-c5cccc6ccccc56)ccc43)c2)cc1. The van der Waals surface area contributed by atoms with Crippen LogP contribution in [0.2, 0.25) is 0 Å². The number of furan rings is 1. The highest BCUT2D eigenvalue weighted by molar-refractivity contribution is 6.25. The Kier molecular flexibility index (Phi) is 6.43. The van der Waals surface area contributed by atoms with Crippen LogP contribution in [0.4, 0.5) is 0 Å². The highest BCUT2D eigenvalue weighted by Gasteiger charge is 2.30. The molecule has 0 fully saturated rings. The quantitative estimate of drug-likeness (QED) is 0.179. The molecule has 9 aromatic carbocycles. The van der Waals surface area contributed by atoms with Gasteiger partial charge < -0.3 is 8.98 Å². The van der Waals surface area contributed by atoms with Crippen molar-refractivity contribution in [2.24, 2.45) is 0 Å². The second-order valence-corrected chi connectivity index (χ2v) is 14.8. The minimum Gasteiger partial charge on any atom is -0.456 e. The Bertz CT molecular complexity index is 3320. The van der Waals surface area contributed by atoms with E-state index in [-0.39, 0.29) is 5.92 Å². The van der Waals surface area contributed by atoms with Gasteiger partial charge in [0.05, 0.1) is 22.1 Å². The highest BCUT2D eigenvalue weighted by atomic mass is 16.3. The predicted molar refractivity (Wildman–Crippen MR) is 229 cm³/mol. The Morgan fingerprint density at radius 1 is 0.400 bits per heavy atom. The van der Waals surface area contributed by atoms with E-state index in [2.05, 4.69) is 193 Å². The fourth-order valence-electron chi connectivity index (χ4n) is 9.42. The van der Waals surface area contributed by atoms with E-state index in [1.165, 1.54) is 88.3 Å². The van der Waals surface area contributed by atoms with Gasteiger partial charge in [0.15, 0.2) is 0 Å². The molecule has 2 heteroatoms. The lowest BCUT2D eigenvalue weighted by Gasteiger charge is -2.16. The van der Waals surface area contributed by atoms with Crippen LogP contribution >= 0.6 is 0 Å². The van der Waals surface area contributed by atoms with E-state index < -0.39 is 0 Å².